The summed E-state index contributed by atoms with van der Waals surface area (Å²) in [7, 11) is 1.59. The van der Waals surface area contributed by atoms with Crippen LogP contribution in [-0.4, -0.2) is 57.5 Å². The van der Waals surface area contributed by atoms with Crippen molar-refractivity contribution in [2.45, 2.75) is 33.1 Å². The first-order valence-corrected chi connectivity index (χ1v) is 8.54. The van der Waals surface area contributed by atoms with Crippen molar-refractivity contribution in [3.8, 4) is 6.07 Å². The molecule has 0 radical (unpaired) electrons. The Morgan fingerprint density at radius 2 is 1.79 bits per heavy atom. The Labute approximate surface area is 145 Å². The van der Waals surface area contributed by atoms with Crippen molar-refractivity contribution in [1.29, 1.82) is 5.26 Å². The van der Waals surface area contributed by atoms with E-state index in [0.29, 0.717) is 13.2 Å². The van der Waals surface area contributed by atoms with Gasteiger partial charge in [0, 0.05) is 20.2 Å². The number of piperidine rings is 1. The van der Waals surface area contributed by atoms with Crippen LogP contribution < -0.4 is 0 Å². The molecular formula is C18H30N2O4. The number of carbonyl (C=O) groups excluding carboxylic acids is 1. The quantitative estimate of drug-likeness (QED) is 0.212. The summed E-state index contributed by atoms with van der Waals surface area (Å²) in [5.41, 5.74) is -0.00912. The number of hydrogen-bond acceptors (Lipinski definition) is 6. The molecule has 0 unspecified atom stereocenters. The molecule has 0 aromatic rings. The first kappa shape index (κ1) is 22.2. The van der Waals surface area contributed by atoms with Crippen LogP contribution in [0.1, 0.15) is 33.1 Å². The predicted octanol–water partition coefficient (Wildman–Crippen LogP) is 2.67. The van der Waals surface area contributed by atoms with Gasteiger partial charge in [0.15, 0.2) is 0 Å². The van der Waals surface area contributed by atoms with Crippen molar-refractivity contribution < 1.29 is 19.0 Å². The van der Waals surface area contributed by atoms with Crippen LogP contribution in [0.3, 0.4) is 0 Å². The summed E-state index contributed by atoms with van der Waals surface area (Å²) in [4.78, 5) is 13.9. The second-order valence-corrected chi connectivity index (χ2v) is 4.87. The van der Waals surface area contributed by atoms with Crippen LogP contribution >= 0.6 is 0 Å². The fraction of sp³-hybridized carbons (Fsp3) is 0.667. The minimum Gasteiger partial charge on any atom is -0.459 e. The molecule has 0 aliphatic carbocycles. The third-order valence-electron chi connectivity index (χ3n) is 3.18. The van der Waals surface area contributed by atoms with Crippen molar-refractivity contribution in [2.24, 2.45) is 0 Å². The van der Waals surface area contributed by atoms with Gasteiger partial charge in [-0.2, -0.15) is 5.26 Å². The summed E-state index contributed by atoms with van der Waals surface area (Å²) in [5.74, 6) is -0.624. The monoisotopic (exact) mass is 338 g/mol. The Morgan fingerprint density at radius 1 is 1.12 bits per heavy atom. The fourth-order valence-corrected chi connectivity index (χ4v) is 1.99. The number of carbonyl (C=O) groups is 1. The normalized spacial score (nSPS) is 14.8. The maximum atomic E-state index is 11.7. The highest BCUT2D eigenvalue weighted by molar-refractivity contribution is 5.93. The Kier molecular flexibility index (Phi) is 14.8. The van der Waals surface area contributed by atoms with E-state index >= 15 is 0 Å². The number of rotatable bonds is 9. The van der Waals surface area contributed by atoms with E-state index in [4.69, 9.17) is 19.5 Å². The summed E-state index contributed by atoms with van der Waals surface area (Å²) in [6.07, 6.45) is 8.76. The molecule has 1 heterocycles. The summed E-state index contributed by atoms with van der Waals surface area (Å²) < 4.78 is 15.0. The van der Waals surface area contributed by atoms with E-state index < -0.39 is 5.97 Å². The van der Waals surface area contributed by atoms with E-state index in [1.807, 2.05) is 26.1 Å². The van der Waals surface area contributed by atoms with Crippen molar-refractivity contribution >= 4 is 5.97 Å². The molecule has 6 heteroatoms. The molecule has 0 saturated carbocycles. The molecule has 0 amide bonds. The van der Waals surface area contributed by atoms with Gasteiger partial charge in [-0.25, -0.2) is 4.79 Å². The van der Waals surface area contributed by atoms with Gasteiger partial charge in [-0.15, -0.1) is 0 Å². The molecule has 1 aliphatic heterocycles. The van der Waals surface area contributed by atoms with Crippen molar-refractivity contribution in [3.63, 3.8) is 0 Å². The Bertz CT molecular complexity index is 421. The lowest BCUT2D eigenvalue weighted by Gasteiger charge is -2.24. The minimum atomic E-state index is -0.624. The molecule has 0 bridgehead atoms. The van der Waals surface area contributed by atoms with Gasteiger partial charge in [0.05, 0.1) is 19.8 Å². The zero-order valence-corrected chi connectivity index (χ0v) is 15.1. The maximum Gasteiger partial charge on any atom is 0.348 e. The van der Waals surface area contributed by atoms with Crippen molar-refractivity contribution in [2.75, 3.05) is 46.6 Å². The molecular weight excluding hydrogens is 308 g/mol. The third kappa shape index (κ3) is 10.8. The van der Waals surface area contributed by atoms with Crippen LogP contribution in [0.25, 0.3) is 0 Å². The first-order valence-electron chi connectivity index (χ1n) is 8.54. The van der Waals surface area contributed by atoms with E-state index in [2.05, 4.69) is 4.90 Å². The van der Waals surface area contributed by atoms with Gasteiger partial charge >= 0.3 is 5.97 Å². The smallest absolute Gasteiger partial charge is 0.348 e. The lowest BCUT2D eigenvalue weighted by molar-refractivity contribution is -0.140. The number of hydrogen-bond donors (Lipinski definition) is 0. The molecule has 24 heavy (non-hydrogen) atoms. The van der Waals surface area contributed by atoms with Crippen LogP contribution in [0.4, 0.5) is 0 Å². The highest BCUT2D eigenvalue weighted by Gasteiger charge is 2.09. The predicted molar refractivity (Wildman–Crippen MR) is 93.3 cm³/mol. The summed E-state index contributed by atoms with van der Waals surface area (Å²) in [6.45, 7) is 7.41. The van der Waals surface area contributed by atoms with E-state index in [-0.39, 0.29) is 18.8 Å². The maximum absolute atomic E-state index is 11.7. The molecule has 6 nitrogen and oxygen atoms in total. The number of ether oxygens (including phenoxy) is 3. The number of methoxy groups -OCH3 is 1. The molecule has 136 valence electrons. The van der Waals surface area contributed by atoms with Gasteiger partial charge in [-0.05, 0) is 37.6 Å². The van der Waals surface area contributed by atoms with Gasteiger partial charge in [0.1, 0.15) is 18.2 Å². The number of likely N-dealkylation sites (tertiary alicyclic amines) is 1. The van der Waals surface area contributed by atoms with E-state index in [0.717, 1.165) is 13.1 Å². The van der Waals surface area contributed by atoms with Gasteiger partial charge in [0.25, 0.3) is 0 Å². The second-order valence-electron chi connectivity index (χ2n) is 4.87. The van der Waals surface area contributed by atoms with Crippen LogP contribution in [0.2, 0.25) is 0 Å². The second kappa shape index (κ2) is 16.0. The van der Waals surface area contributed by atoms with E-state index in [9.17, 15) is 4.79 Å². The Hall–Kier alpha value is -1.84. The zero-order chi connectivity index (χ0) is 18.0. The molecule has 1 fully saturated rings. The minimum absolute atomic E-state index is 0.00912. The van der Waals surface area contributed by atoms with Crippen LogP contribution in [0.5, 0.6) is 0 Å². The number of nitrogens with zero attached hydrogens (tertiary/aromatic N) is 2. The molecule has 0 aromatic carbocycles. The highest BCUT2D eigenvalue weighted by Crippen LogP contribution is 2.09. The Balaban J connectivity index is 0.00000254. The largest absolute Gasteiger partial charge is 0.459 e. The van der Waals surface area contributed by atoms with E-state index in [1.165, 1.54) is 25.3 Å². The summed E-state index contributed by atoms with van der Waals surface area (Å²) in [5, 5.41) is 8.99. The standard InChI is InChI=1S/C16H24N2O4.C2H6/c1-20-10-11-21-12-13-22-16(19)15(14-17)6-5-9-18-7-3-2-4-8-18;1-2/h5-6,9H,2-4,7-8,10-13H2,1H3;1-2H3/b9-5+,15-6+;. The van der Waals surface area contributed by atoms with Gasteiger partial charge in [-0.1, -0.05) is 13.8 Å². The van der Waals surface area contributed by atoms with Crippen molar-refractivity contribution in [1.82, 2.24) is 4.90 Å². The van der Waals surface area contributed by atoms with Crippen LogP contribution in [0.15, 0.2) is 23.9 Å². The van der Waals surface area contributed by atoms with Crippen LogP contribution in [-0.2, 0) is 19.0 Å². The molecule has 1 aliphatic rings. The molecule has 1 saturated heterocycles. The third-order valence-corrected chi connectivity index (χ3v) is 3.18. The lowest BCUT2D eigenvalue weighted by atomic mass is 10.1. The molecule has 1 rings (SSSR count). The average Bonchev–Trinajstić information content (AvgIpc) is 2.64. The number of allylic oxidation sites excluding steroid dienone is 2. The summed E-state index contributed by atoms with van der Waals surface area (Å²) >= 11 is 0. The van der Waals surface area contributed by atoms with Gasteiger partial charge in [0.2, 0.25) is 0 Å². The molecule has 0 spiro atoms. The number of esters is 1. The first-order chi connectivity index (χ1) is 11.8. The highest BCUT2D eigenvalue weighted by atomic mass is 16.6. The fourth-order valence-electron chi connectivity index (χ4n) is 1.99. The van der Waals surface area contributed by atoms with E-state index in [1.54, 1.807) is 13.2 Å². The Morgan fingerprint density at radius 3 is 2.42 bits per heavy atom. The molecule has 0 N–H and O–H groups in total. The van der Waals surface area contributed by atoms with Gasteiger partial charge in [-0.3, -0.25) is 0 Å². The molecule has 0 aromatic heterocycles. The average molecular weight is 338 g/mol. The zero-order valence-electron chi connectivity index (χ0n) is 15.1. The SMILES string of the molecule is CC.COCCOCCOC(=O)/C(C#N)=C/C=C/N1CCCCC1. The van der Waals surface area contributed by atoms with Gasteiger partial charge < -0.3 is 19.1 Å². The lowest BCUT2D eigenvalue weighted by Crippen LogP contribution is -2.23. The summed E-state index contributed by atoms with van der Waals surface area (Å²) in [6, 6.07) is 1.86. The molecule has 0 atom stereocenters. The van der Waals surface area contributed by atoms with Crippen molar-refractivity contribution in [3.05, 3.63) is 23.9 Å². The van der Waals surface area contributed by atoms with Crippen LogP contribution in [0, 0.1) is 11.3 Å². The number of nitriles is 1. The topological polar surface area (TPSA) is 71.8 Å².